The number of hydrogen-bond donors (Lipinski definition) is 0. The average molecular weight is 366 g/mol. The second-order valence-electron chi connectivity index (χ2n) is 5.24. The van der Waals surface area contributed by atoms with Crippen molar-refractivity contribution >= 4 is 11.8 Å². The number of aromatic nitrogens is 3. The molecule has 0 aliphatic heterocycles. The number of thioether (sulfide) groups is 1. The Morgan fingerprint density at radius 2 is 1.73 bits per heavy atom. The highest BCUT2D eigenvalue weighted by Crippen LogP contribution is 2.29. The lowest BCUT2D eigenvalue weighted by Gasteiger charge is -2.11. The van der Waals surface area contributed by atoms with E-state index in [2.05, 4.69) is 16.3 Å². The molecular weight excluding hydrogens is 348 g/mol. The molecule has 26 heavy (non-hydrogen) atoms. The Bertz CT molecular complexity index is 899. The van der Waals surface area contributed by atoms with Crippen LogP contribution in [0.1, 0.15) is 6.92 Å². The van der Waals surface area contributed by atoms with E-state index in [0.717, 1.165) is 22.7 Å². The second-order valence-corrected chi connectivity index (χ2v) is 6.19. The molecule has 132 valence electrons. The van der Waals surface area contributed by atoms with Crippen molar-refractivity contribution in [2.45, 2.75) is 12.1 Å². The SMILES string of the molecule is CCOc1ccc(-n2c(SCC#N)nnc2-c2ccc(OC)cc2)cc1. The molecule has 0 bridgehead atoms. The van der Waals surface area contributed by atoms with Crippen LogP contribution in [0.4, 0.5) is 0 Å². The lowest BCUT2D eigenvalue weighted by molar-refractivity contribution is 0.340. The molecule has 0 N–H and O–H groups in total. The summed E-state index contributed by atoms with van der Waals surface area (Å²) in [7, 11) is 1.63. The molecular formula is C19H18N4O2S. The Labute approximate surface area is 156 Å². The van der Waals surface area contributed by atoms with E-state index < -0.39 is 0 Å². The Hall–Kier alpha value is -2.98. The summed E-state index contributed by atoms with van der Waals surface area (Å²) in [6.07, 6.45) is 0. The topological polar surface area (TPSA) is 73.0 Å². The van der Waals surface area contributed by atoms with E-state index in [9.17, 15) is 0 Å². The third kappa shape index (κ3) is 3.81. The summed E-state index contributed by atoms with van der Waals surface area (Å²) >= 11 is 1.35. The van der Waals surface area contributed by atoms with Gasteiger partial charge < -0.3 is 9.47 Å². The standard InChI is InChI=1S/C19H18N4O2S/c1-3-25-17-10-6-15(7-11-17)23-18(21-22-19(23)26-13-12-20)14-4-8-16(24-2)9-5-14/h4-11H,3,13H2,1-2H3. The van der Waals surface area contributed by atoms with Crippen LogP contribution in [-0.4, -0.2) is 34.2 Å². The van der Waals surface area contributed by atoms with Crippen LogP contribution in [0.3, 0.4) is 0 Å². The number of rotatable bonds is 7. The van der Waals surface area contributed by atoms with Gasteiger partial charge in [-0.3, -0.25) is 4.57 Å². The van der Waals surface area contributed by atoms with Crippen molar-refractivity contribution in [3.8, 4) is 34.6 Å². The Morgan fingerprint density at radius 1 is 1.04 bits per heavy atom. The molecule has 7 heteroatoms. The number of benzene rings is 2. The molecule has 0 radical (unpaired) electrons. The van der Waals surface area contributed by atoms with E-state index in [1.165, 1.54) is 11.8 Å². The van der Waals surface area contributed by atoms with Gasteiger partial charge in [0.15, 0.2) is 11.0 Å². The highest BCUT2D eigenvalue weighted by atomic mass is 32.2. The van der Waals surface area contributed by atoms with Crippen LogP contribution in [0, 0.1) is 11.3 Å². The van der Waals surface area contributed by atoms with E-state index in [-0.39, 0.29) is 0 Å². The molecule has 0 spiro atoms. The highest BCUT2D eigenvalue weighted by molar-refractivity contribution is 7.99. The predicted molar refractivity (Wildman–Crippen MR) is 101 cm³/mol. The van der Waals surface area contributed by atoms with Crippen molar-refractivity contribution in [3.05, 3.63) is 48.5 Å². The maximum Gasteiger partial charge on any atom is 0.197 e. The minimum Gasteiger partial charge on any atom is -0.497 e. The quantitative estimate of drug-likeness (QED) is 0.589. The van der Waals surface area contributed by atoms with Crippen molar-refractivity contribution in [2.75, 3.05) is 19.5 Å². The number of nitrogens with zero attached hydrogens (tertiary/aromatic N) is 4. The molecule has 0 amide bonds. The van der Waals surface area contributed by atoms with Crippen molar-refractivity contribution in [3.63, 3.8) is 0 Å². The monoisotopic (exact) mass is 366 g/mol. The molecule has 0 fully saturated rings. The lowest BCUT2D eigenvalue weighted by atomic mass is 10.2. The van der Waals surface area contributed by atoms with E-state index in [1.807, 2.05) is 60.0 Å². The second kappa shape index (κ2) is 8.41. The van der Waals surface area contributed by atoms with Gasteiger partial charge in [0.05, 0.1) is 25.5 Å². The van der Waals surface area contributed by atoms with Crippen LogP contribution in [0.5, 0.6) is 11.5 Å². The molecule has 1 aromatic heterocycles. The normalized spacial score (nSPS) is 10.3. The van der Waals surface area contributed by atoms with Crippen molar-refractivity contribution in [2.24, 2.45) is 0 Å². The number of hydrogen-bond acceptors (Lipinski definition) is 6. The fraction of sp³-hybridized carbons (Fsp3) is 0.211. The summed E-state index contributed by atoms with van der Waals surface area (Å²) in [6, 6.07) is 17.5. The first kappa shape index (κ1) is 17.8. The van der Waals surface area contributed by atoms with Crippen LogP contribution >= 0.6 is 11.8 Å². The zero-order chi connectivity index (χ0) is 18.4. The molecule has 0 atom stereocenters. The van der Waals surface area contributed by atoms with Gasteiger partial charge in [-0.05, 0) is 55.5 Å². The van der Waals surface area contributed by atoms with E-state index in [4.69, 9.17) is 14.7 Å². The van der Waals surface area contributed by atoms with Gasteiger partial charge in [0.25, 0.3) is 0 Å². The smallest absolute Gasteiger partial charge is 0.197 e. The maximum absolute atomic E-state index is 8.91. The summed E-state index contributed by atoms with van der Waals surface area (Å²) in [6.45, 7) is 2.57. The van der Waals surface area contributed by atoms with Crippen LogP contribution < -0.4 is 9.47 Å². The summed E-state index contributed by atoms with van der Waals surface area (Å²) in [5.41, 5.74) is 1.82. The number of nitriles is 1. The summed E-state index contributed by atoms with van der Waals surface area (Å²) in [4.78, 5) is 0. The molecule has 1 heterocycles. The van der Waals surface area contributed by atoms with Crippen LogP contribution in [0.2, 0.25) is 0 Å². The number of ether oxygens (including phenoxy) is 2. The average Bonchev–Trinajstić information content (AvgIpc) is 3.11. The maximum atomic E-state index is 8.91. The van der Waals surface area contributed by atoms with Gasteiger partial charge in [0.2, 0.25) is 0 Å². The zero-order valence-corrected chi connectivity index (χ0v) is 15.4. The van der Waals surface area contributed by atoms with Gasteiger partial charge in [0, 0.05) is 11.3 Å². The summed E-state index contributed by atoms with van der Waals surface area (Å²) < 4.78 is 12.7. The van der Waals surface area contributed by atoms with Gasteiger partial charge in [-0.1, -0.05) is 11.8 Å². The van der Waals surface area contributed by atoms with Gasteiger partial charge in [0.1, 0.15) is 11.5 Å². The Kier molecular flexibility index (Phi) is 5.77. The first-order valence-electron chi connectivity index (χ1n) is 8.09. The third-order valence-electron chi connectivity index (χ3n) is 3.65. The van der Waals surface area contributed by atoms with Crippen molar-refractivity contribution in [1.29, 1.82) is 5.26 Å². The van der Waals surface area contributed by atoms with E-state index in [1.54, 1.807) is 7.11 Å². The molecule has 0 saturated carbocycles. The highest BCUT2D eigenvalue weighted by Gasteiger charge is 2.16. The molecule has 3 aromatic rings. The number of methoxy groups -OCH3 is 1. The fourth-order valence-corrected chi connectivity index (χ4v) is 3.09. The minimum atomic E-state index is 0.303. The van der Waals surface area contributed by atoms with Gasteiger partial charge in [-0.15, -0.1) is 10.2 Å². The molecule has 0 aliphatic rings. The van der Waals surface area contributed by atoms with Crippen molar-refractivity contribution in [1.82, 2.24) is 14.8 Å². The summed E-state index contributed by atoms with van der Waals surface area (Å²) in [5.74, 6) is 2.59. The fourth-order valence-electron chi connectivity index (χ4n) is 2.48. The Morgan fingerprint density at radius 3 is 2.35 bits per heavy atom. The molecule has 2 aromatic carbocycles. The van der Waals surface area contributed by atoms with E-state index >= 15 is 0 Å². The molecule has 0 unspecified atom stereocenters. The first-order valence-corrected chi connectivity index (χ1v) is 9.08. The molecule has 0 aliphatic carbocycles. The zero-order valence-electron chi connectivity index (χ0n) is 14.5. The van der Waals surface area contributed by atoms with Crippen LogP contribution in [0.15, 0.2) is 53.7 Å². The van der Waals surface area contributed by atoms with Gasteiger partial charge >= 0.3 is 0 Å². The molecule has 3 rings (SSSR count). The van der Waals surface area contributed by atoms with Crippen LogP contribution in [0.25, 0.3) is 17.1 Å². The van der Waals surface area contributed by atoms with Crippen molar-refractivity contribution < 1.29 is 9.47 Å². The first-order chi connectivity index (χ1) is 12.8. The largest absolute Gasteiger partial charge is 0.497 e. The molecule has 0 saturated heterocycles. The lowest BCUT2D eigenvalue weighted by Crippen LogP contribution is -2.00. The van der Waals surface area contributed by atoms with Crippen LogP contribution in [-0.2, 0) is 0 Å². The van der Waals surface area contributed by atoms with Gasteiger partial charge in [-0.25, -0.2) is 0 Å². The minimum absolute atomic E-state index is 0.303. The predicted octanol–water partition coefficient (Wildman–Crippen LogP) is 3.96. The van der Waals surface area contributed by atoms with E-state index in [0.29, 0.717) is 23.3 Å². The van der Waals surface area contributed by atoms with Gasteiger partial charge in [-0.2, -0.15) is 5.26 Å². The Balaban J connectivity index is 2.04. The summed E-state index contributed by atoms with van der Waals surface area (Å²) in [5, 5.41) is 18.2. The molecule has 6 nitrogen and oxygen atoms in total. The third-order valence-corrected chi connectivity index (χ3v) is 4.45.